The summed E-state index contributed by atoms with van der Waals surface area (Å²) in [6, 6.07) is 19.0. The number of para-hydroxylation sites is 1. The van der Waals surface area contributed by atoms with Gasteiger partial charge in [0.1, 0.15) is 0 Å². The molecule has 24 heavy (non-hydrogen) atoms. The first-order valence-corrected chi connectivity index (χ1v) is 8.17. The van der Waals surface area contributed by atoms with Crippen molar-refractivity contribution in [2.75, 3.05) is 0 Å². The van der Waals surface area contributed by atoms with E-state index in [0.29, 0.717) is 5.56 Å². The summed E-state index contributed by atoms with van der Waals surface area (Å²) in [5.74, 6) is 6.05. The molecule has 4 nitrogen and oxygen atoms in total. The average Bonchev–Trinajstić information content (AvgIpc) is 3.15. The third-order valence-corrected chi connectivity index (χ3v) is 3.71. The Morgan fingerprint density at radius 2 is 1.71 bits per heavy atom. The van der Waals surface area contributed by atoms with Crippen molar-refractivity contribution in [3.63, 3.8) is 0 Å². The predicted octanol–water partition coefficient (Wildman–Crippen LogP) is 3.13. The van der Waals surface area contributed by atoms with Crippen molar-refractivity contribution in [2.24, 2.45) is 5.14 Å². The van der Waals surface area contributed by atoms with E-state index in [1.165, 1.54) is 0 Å². The molecule has 1 aromatic heterocycles. The summed E-state index contributed by atoms with van der Waals surface area (Å²) in [4.78, 5) is 12.3. The highest BCUT2D eigenvalue weighted by molar-refractivity contribution is 7.95. The van der Waals surface area contributed by atoms with Crippen LogP contribution in [0.25, 0.3) is 5.69 Å². The van der Waals surface area contributed by atoms with Crippen LogP contribution in [0.1, 0.15) is 21.5 Å². The van der Waals surface area contributed by atoms with E-state index in [1.807, 2.05) is 71.6 Å². The molecule has 0 saturated carbocycles. The van der Waals surface area contributed by atoms with E-state index < -0.39 is 0 Å². The standard InChI is InChI=1S/C19H15N3OS/c20-24-21-19(23)17-10-6-9-16(18(17)22-13-4-5-14-22)12-11-15-7-2-1-3-8-15/h1-10,13-14H,20H2,(H,21,23). The number of rotatable bonds is 3. The summed E-state index contributed by atoms with van der Waals surface area (Å²) < 4.78 is 4.44. The molecule has 5 heteroatoms. The second-order valence-corrected chi connectivity index (χ2v) is 5.40. The molecule has 2 aromatic carbocycles. The normalized spacial score (nSPS) is 9.88. The lowest BCUT2D eigenvalue weighted by Crippen LogP contribution is -2.20. The predicted molar refractivity (Wildman–Crippen MR) is 97.4 cm³/mol. The van der Waals surface area contributed by atoms with Gasteiger partial charge in [0.05, 0.1) is 11.3 Å². The van der Waals surface area contributed by atoms with Gasteiger partial charge in [-0.05, 0) is 36.4 Å². The van der Waals surface area contributed by atoms with Crippen LogP contribution in [0.3, 0.4) is 0 Å². The summed E-state index contributed by atoms with van der Waals surface area (Å²) >= 11 is 0.782. The van der Waals surface area contributed by atoms with Gasteiger partial charge in [0.2, 0.25) is 0 Å². The Morgan fingerprint density at radius 1 is 0.958 bits per heavy atom. The van der Waals surface area contributed by atoms with Crippen LogP contribution in [-0.4, -0.2) is 10.5 Å². The van der Waals surface area contributed by atoms with Crippen molar-refractivity contribution in [1.82, 2.24) is 9.29 Å². The molecule has 0 aliphatic heterocycles. The molecule has 1 amide bonds. The third kappa shape index (κ3) is 3.51. The van der Waals surface area contributed by atoms with Crippen molar-refractivity contribution in [2.45, 2.75) is 0 Å². The fourth-order valence-corrected chi connectivity index (χ4v) is 2.58. The SMILES string of the molecule is NSNC(=O)c1cccc(C#Cc2ccccc2)c1-n1cccc1. The molecule has 0 radical (unpaired) electrons. The van der Waals surface area contributed by atoms with Crippen LogP contribution in [0.15, 0.2) is 73.1 Å². The molecular formula is C19H15N3OS. The number of carbonyl (C=O) groups excluding carboxylic acids is 1. The third-order valence-electron chi connectivity index (χ3n) is 3.41. The molecule has 0 saturated heterocycles. The number of nitrogens with one attached hydrogen (secondary N) is 1. The molecule has 0 spiro atoms. The number of hydrogen-bond acceptors (Lipinski definition) is 3. The van der Waals surface area contributed by atoms with E-state index in [-0.39, 0.29) is 5.91 Å². The first kappa shape index (κ1) is 15.9. The Morgan fingerprint density at radius 3 is 2.42 bits per heavy atom. The van der Waals surface area contributed by atoms with E-state index in [0.717, 1.165) is 28.9 Å². The maximum atomic E-state index is 12.3. The van der Waals surface area contributed by atoms with Crippen LogP contribution in [0.5, 0.6) is 0 Å². The zero-order valence-electron chi connectivity index (χ0n) is 12.8. The van der Waals surface area contributed by atoms with Gasteiger partial charge >= 0.3 is 0 Å². The van der Waals surface area contributed by atoms with Gasteiger partial charge in [-0.15, -0.1) is 0 Å². The molecule has 1 heterocycles. The summed E-state index contributed by atoms with van der Waals surface area (Å²) in [6.07, 6.45) is 3.77. The number of nitrogens with zero attached hydrogens (tertiary/aromatic N) is 1. The van der Waals surface area contributed by atoms with Gasteiger partial charge in [-0.25, -0.2) is 0 Å². The topological polar surface area (TPSA) is 60.0 Å². The zero-order chi connectivity index (χ0) is 16.8. The average molecular weight is 333 g/mol. The lowest BCUT2D eigenvalue weighted by molar-refractivity contribution is 0.0984. The van der Waals surface area contributed by atoms with Gasteiger partial charge in [-0.3, -0.25) is 14.7 Å². The second-order valence-electron chi connectivity index (χ2n) is 4.96. The number of amides is 1. The molecule has 3 aromatic rings. The second kappa shape index (κ2) is 7.55. The van der Waals surface area contributed by atoms with E-state index in [9.17, 15) is 4.79 Å². The van der Waals surface area contributed by atoms with Gasteiger partial charge < -0.3 is 4.57 Å². The Bertz CT molecular complexity index is 893. The minimum Gasteiger partial charge on any atom is -0.322 e. The van der Waals surface area contributed by atoms with Crippen molar-refractivity contribution in [1.29, 1.82) is 0 Å². The Hall–Kier alpha value is -2.94. The highest BCUT2D eigenvalue weighted by atomic mass is 32.2. The largest absolute Gasteiger partial charge is 0.322 e. The number of aromatic nitrogens is 1. The van der Waals surface area contributed by atoms with Gasteiger partial charge in [0, 0.05) is 35.7 Å². The quantitative estimate of drug-likeness (QED) is 0.572. The van der Waals surface area contributed by atoms with E-state index in [4.69, 9.17) is 5.14 Å². The highest BCUT2D eigenvalue weighted by Gasteiger charge is 2.15. The lowest BCUT2D eigenvalue weighted by atomic mass is 10.1. The summed E-state index contributed by atoms with van der Waals surface area (Å²) in [6.45, 7) is 0. The Kier molecular flexibility index (Phi) is 5.02. The molecule has 0 fully saturated rings. The zero-order valence-corrected chi connectivity index (χ0v) is 13.6. The fourth-order valence-electron chi connectivity index (χ4n) is 2.36. The molecule has 118 valence electrons. The number of nitrogens with two attached hydrogens (primary N) is 1. The van der Waals surface area contributed by atoms with Crippen LogP contribution in [0.2, 0.25) is 0 Å². The maximum Gasteiger partial charge on any atom is 0.264 e. The van der Waals surface area contributed by atoms with Gasteiger partial charge in [-0.1, -0.05) is 36.1 Å². The Balaban J connectivity index is 2.11. The number of hydrogen-bond donors (Lipinski definition) is 2. The maximum absolute atomic E-state index is 12.3. The highest BCUT2D eigenvalue weighted by Crippen LogP contribution is 2.20. The van der Waals surface area contributed by atoms with Gasteiger partial charge in [-0.2, -0.15) is 0 Å². The van der Waals surface area contributed by atoms with Gasteiger partial charge in [0.25, 0.3) is 5.91 Å². The minimum atomic E-state index is -0.255. The molecule has 3 N–H and O–H groups in total. The molecule has 3 rings (SSSR count). The monoisotopic (exact) mass is 333 g/mol. The minimum absolute atomic E-state index is 0.255. The molecule has 0 bridgehead atoms. The molecule has 0 unspecified atom stereocenters. The van der Waals surface area contributed by atoms with Crippen LogP contribution < -0.4 is 9.86 Å². The molecule has 0 aliphatic rings. The lowest BCUT2D eigenvalue weighted by Gasteiger charge is -2.12. The number of benzene rings is 2. The van der Waals surface area contributed by atoms with Crippen molar-refractivity contribution in [3.05, 3.63) is 89.7 Å². The smallest absolute Gasteiger partial charge is 0.264 e. The van der Waals surface area contributed by atoms with Crippen LogP contribution >= 0.6 is 12.1 Å². The molecule has 0 aliphatic carbocycles. The van der Waals surface area contributed by atoms with Crippen molar-refractivity contribution < 1.29 is 4.79 Å². The molecular weight excluding hydrogens is 318 g/mol. The van der Waals surface area contributed by atoms with Crippen LogP contribution in [0.4, 0.5) is 0 Å². The van der Waals surface area contributed by atoms with Crippen LogP contribution in [0, 0.1) is 11.8 Å². The summed E-state index contributed by atoms with van der Waals surface area (Å²) in [7, 11) is 0. The first-order chi connectivity index (χ1) is 11.8. The molecule has 0 atom stereocenters. The summed E-state index contributed by atoms with van der Waals surface area (Å²) in [5, 5.41) is 5.36. The van der Waals surface area contributed by atoms with E-state index in [1.54, 1.807) is 6.07 Å². The van der Waals surface area contributed by atoms with Gasteiger partial charge in [0.15, 0.2) is 0 Å². The first-order valence-electron chi connectivity index (χ1n) is 7.29. The van der Waals surface area contributed by atoms with Crippen LogP contribution in [-0.2, 0) is 0 Å². The van der Waals surface area contributed by atoms with Crippen molar-refractivity contribution >= 4 is 18.0 Å². The summed E-state index contributed by atoms with van der Waals surface area (Å²) in [5.41, 5.74) is 2.94. The van der Waals surface area contributed by atoms with E-state index in [2.05, 4.69) is 16.6 Å². The van der Waals surface area contributed by atoms with Crippen molar-refractivity contribution in [3.8, 4) is 17.5 Å². The number of carbonyl (C=O) groups is 1. The van der Waals surface area contributed by atoms with E-state index >= 15 is 0 Å². The fraction of sp³-hybridized carbons (Fsp3) is 0. The Labute approximate surface area is 145 Å².